The van der Waals surface area contributed by atoms with Crippen molar-refractivity contribution in [3.8, 4) is 0 Å². The Kier molecular flexibility index (Phi) is 4.07. The molecule has 1 saturated carbocycles. The van der Waals surface area contributed by atoms with E-state index in [4.69, 9.17) is 9.47 Å². The Morgan fingerprint density at radius 3 is 2.55 bits per heavy atom. The number of epoxide rings is 1. The van der Waals surface area contributed by atoms with Gasteiger partial charge in [-0.2, -0.15) is 0 Å². The molecular weight excluding hydrogens is 256 g/mol. The molecule has 20 heavy (non-hydrogen) atoms. The van der Waals surface area contributed by atoms with E-state index in [1.807, 2.05) is 0 Å². The first-order chi connectivity index (χ1) is 9.27. The van der Waals surface area contributed by atoms with E-state index in [9.17, 15) is 9.90 Å². The fourth-order valence-corrected chi connectivity index (χ4v) is 3.25. The normalized spacial score (nSPS) is 31.9. The van der Waals surface area contributed by atoms with Crippen LogP contribution in [0.5, 0.6) is 0 Å². The van der Waals surface area contributed by atoms with Crippen molar-refractivity contribution in [2.45, 2.75) is 38.9 Å². The van der Waals surface area contributed by atoms with E-state index < -0.39 is 6.10 Å². The number of esters is 1. The van der Waals surface area contributed by atoms with E-state index in [-0.39, 0.29) is 29.3 Å². The van der Waals surface area contributed by atoms with Crippen molar-refractivity contribution >= 4 is 5.97 Å². The lowest BCUT2D eigenvalue weighted by atomic mass is 9.52. The fourth-order valence-electron chi connectivity index (χ4n) is 3.25. The van der Waals surface area contributed by atoms with Gasteiger partial charge in [0.05, 0.1) is 19.8 Å². The molecule has 0 aromatic carbocycles. The second-order valence-corrected chi connectivity index (χ2v) is 6.57. The molecule has 4 unspecified atom stereocenters. The summed E-state index contributed by atoms with van der Waals surface area (Å²) in [6.07, 6.45) is 0.910. The number of hydrogen-bond acceptors (Lipinski definition) is 4. The van der Waals surface area contributed by atoms with Crippen molar-refractivity contribution < 1.29 is 19.4 Å². The number of methoxy groups -OCH3 is 1. The van der Waals surface area contributed by atoms with Crippen molar-refractivity contribution in [1.29, 1.82) is 0 Å². The fraction of sp³-hybridized carbons (Fsp3) is 0.688. The second-order valence-electron chi connectivity index (χ2n) is 6.57. The summed E-state index contributed by atoms with van der Waals surface area (Å²) in [6, 6.07) is 0. The van der Waals surface area contributed by atoms with Gasteiger partial charge < -0.3 is 14.6 Å². The van der Waals surface area contributed by atoms with E-state index in [0.717, 1.165) is 12.0 Å². The first-order valence-electron chi connectivity index (χ1n) is 7.03. The number of aliphatic hydroxyl groups excluding tert-OH is 1. The molecule has 2 rings (SSSR count). The van der Waals surface area contributed by atoms with E-state index in [1.165, 1.54) is 7.11 Å². The maximum absolute atomic E-state index is 11.6. The van der Waals surface area contributed by atoms with Crippen molar-refractivity contribution in [3.05, 3.63) is 24.3 Å². The van der Waals surface area contributed by atoms with Crippen LogP contribution in [0.1, 0.15) is 26.7 Å². The maximum atomic E-state index is 11.6. The van der Waals surface area contributed by atoms with Crippen LogP contribution in [0.4, 0.5) is 0 Å². The van der Waals surface area contributed by atoms with Gasteiger partial charge in [0.25, 0.3) is 0 Å². The van der Waals surface area contributed by atoms with Crippen molar-refractivity contribution in [1.82, 2.24) is 0 Å². The summed E-state index contributed by atoms with van der Waals surface area (Å²) in [4.78, 5) is 11.6. The Morgan fingerprint density at radius 1 is 1.50 bits per heavy atom. The number of carbonyl (C=O) groups excluding carboxylic acids is 1. The minimum absolute atomic E-state index is 0.00967. The third-order valence-corrected chi connectivity index (χ3v) is 4.78. The van der Waals surface area contributed by atoms with Crippen LogP contribution in [0.15, 0.2) is 24.3 Å². The standard InChI is InChI=1S/C16H24O4/c1-9(15(18)19-5)11-7-16(3,4)12(11)6-13(17)10(2)14-8-20-14/h11-14,17H,1-2,6-8H2,3-5H3. The molecule has 1 heterocycles. The largest absolute Gasteiger partial charge is 0.466 e. The summed E-state index contributed by atoms with van der Waals surface area (Å²) in [5.74, 6) is -0.0611. The Bertz CT molecular complexity index is 434. The van der Waals surface area contributed by atoms with Gasteiger partial charge in [-0.15, -0.1) is 0 Å². The summed E-state index contributed by atoms with van der Waals surface area (Å²) < 4.78 is 9.90. The zero-order valence-corrected chi connectivity index (χ0v) is 12.5. The molecule has 4 heteroatoms. The van der Waals surface area contributed by atoms with Crippen LogP contribution in [0, 0.1) is 17.3 Å². The number of aliphatic hydroxyl groups is 1. The van der Waals surface area contributed by atoms with Gasteiger partial charge in [-0.3, -0.25) is 0 Å². The third-order valence-electron chi connectivity index (χ3n) is 4.78. The number of ether oxygens (including phenoxy) is 2. The highest BCUT2D eigenvalue weighted by atomic mass is 16.6. The average molecular weight is 280 g/mol. The molecule has 0 aromatic heterocycles. The average Bonchev–Trinajstić information content (AvgIpc) is 3.24. The van der Waals surface area contributed by atoms with Gasteiger partial charge in [0.2, 0.25) is 0 Å². The van der Waals surface area contributed by atoms with Crippen molar-refractivity contribution in [2.24, 2.45) is 17.3 Å². The van der Waals surface area contributed by atoms with E-state index in [2.05, 4.69) is 27.0 Å². The SMILES string of the molecule is C=C(C(O)CC1C(C(=C)C(=O)OC)CC1(C)C)C1CO1. The first-order valence-corrected chi connectivity index (χ1v) is 7.03. The van der Waals surface area contributed by atoms with Crippen LogP contribution in [-0.2, 0) is 14.3 Å². The predicted octanol–water partition coefficient (Wildman–Crippen LogP) is 2.08. The van der Waals surface area contributed by atoms with E-state index >= 15 is 0 Å². The van der Waals surface area contributed by atoms with Gasteiger partial charge in [-0.25, -0.2) is 4.79 Å². The number of carbonyl (C=O) groups is 1. The lowest BCUT2D eigenvalue weighted by molar-refractivity contribution is -0.139. The second kappa shape index (κ2) is 5.34. The van der Waals surface area contributed by atoms with Gasteiger partial charge in [-0.05, 0) is 35.7 Å². The number of hydrogen-bond donors (Lipinski definition) is 1. The van der Waals surface area contributed by atoms with Gasteiger partial charge in [0.1, 0.15) is 6.10 Å². The minimum atomic E-state index is -0.583. The highest BCUT2D eigenvalue weighted by molar-refractivity contribution is 5.88. The summed E-state index contributed by atoms with van der Waals surface area (Å²) in [6.45, 7) is 12.7. The molecule has 2 aliphatic rings. The smallest absolute Gasteiger partial charge is 0.333 e. The molecule has 0 amide bonds. The molecule has 0 radical (unpaired) electrons. The zero-order valence-electron chi connectivity index (χ0n) is 12.5. The molecule has 112 valence electrons. The predicted molar refractivity (Wildman–Crippen MR) is 76.0 cm³/mol. The summed E-state index contributed by atoms with van der Waals surface area (Å²) in [5, 5.41) is 10.3. The molecule has 2 fully saturated rings. The lowest BCUT2D eigenvalue weighted by Crippen LogP contribution is -2.47. The van der Waals surface area contributed by atoms with Crippen LogP contribution >= 0.6 is 0 Å². The van der Waals surface area contributed by atoms with E-state index in [0.29, 0.717) is 18.6 Å². The minimum Gasteiger partial charge on any atom is -0.466 e. The van der Waals surface area contributed by atoms with E-state index in [1.54, 1.807) is 0 Å². The Hall–Kier alpha value is -1.13. The van der Waals surface area contributed by atoms with Gasteiger partial charge in [0.15, 0.2) is 0 Å². The highest BCUT2D eigenvalue weighted by Gasteiger charge is 2.50. The molecule has 4 atom stereocenters. The highest BCUT2D eigenvalue weighted by Crippen LogP contribution is 2.55. The van der Waals surface area contributed by atoms with Gasteiger partial charge >= 0.3 is 5.97 Å². The maximum Gasteiger partial charge on any atom is 0.333 e. The van der Waals surface area contributed by atoms with Gasteiger partial charge in [-0.1, -0.05) is 27.0 Å². The molecular formula is C16H24O4. The molecule has 0 bridgehead atoms. The van der Waals surface area contributed by atoms with Crippen LogP contribution < -0.4 is 0 Å². The zero-order chi connectivity index (χ0) is 15.1. The van der Waals surface area contributed by atoms with Gasteiger partial charge in [0, 0.05) is 5.57 Å². The molecule has 4 nitrogen and oxygen atoms in total. The number of rotatable bonds is 6. The van der Waals surface area contributed by atoms with Crippen LogP contribution in [0.3, 0.4) is 0 Å². The van der Waals surface area contributed by atoms with Crippen molar-refractivity contribution in [3.63, 3.8) is 0 Å². The monoisotopic (exact) mass is 280 g/mol. The topological polar surface area (TPSA) is 59.1 Å². The summed E-state index contributed by atoms with van der Waals surface area (Å²) in [7, 11) is 1.37. The van der Waals surface area contributed by atoms with Crippen LogP contribution in [-0.4, -0.2) is 37.0 Å². The first kappa shape index (κ1) is 15.3. The molecule has 1 saturated heterocycles. The third kappa shape index (κ3) is 2.81. The molecule has 0 aromatic rings. The summed E-state index contributed by atoms with van der Waals surface area (Å²) >= 11 is 0. The lowest BCUT2D eigenvalue weighted by Gasteiger charge is -2.52. The molecule has 1 aliphatic carbocycles. The quantitative estimate of drug-likeness (QED) is 0.350. The molecule has 0 spiro atoms. The Balaban J connectivity index is 2.00. The van der Waals surface area contributed by atoms with Crippen LogP contribution in [0.25, 0.3) is 0 Å². The Labute approximate surface area is 120 Å². The summed E-state index contributed by atoms with van der Waals surface area (Å²) in [5.41, 5.74) is 1.35. The Morgan fingerprint density at radius 2 is 2.10 bits per heavy atom. The molecule has 1 aliphatic heterocycles. The van der Waals surface area contributed by atoms with Crippen LogP contribution in [0.2, 0.25) is 0 Å². The van der Waals surface area contributed by atoms with Crippen molar-refractivity contribution in [2.75, 3.05) is 13.7 Å². The molecule has 1 N–H and O–H groups in total.